The molecule has 0 bridgehead atoms. The predicted molar refractivity (Wildman–Crippen MR) is 86.6 cm³/mol. The van der Waals surface area contributed by atoms with Gasteiger partial charge in [-0.3, -0.25) is 4.90 Å². The quantitative estimate of drug-likeness (QED) is 0.866. The van der Waals surface area contributed by atoms with Crippen LogP contribution in [0.4, 0.5) is 11.6 Å². The number of piperazine rings is 1. The van der Waals surface area contributed by atoms with E-state index >= 15 is 0 Å². The van der Waals surface area contributed by atoms with Crippen molar-refractivity contribution in [1.29, 1.82) is 0 Å². The maximum atomic E-state index is 4.72. The van der Waals surface area contributed by atoms with Crippen LogP contribution in [0.3, 0.4) is 0 Å². The van der Waals surface area contributed by atoms with Crippen LogP contribution in [0, 0.1) is 0 Å². The largest absolute Gasteiger partial charge is 0.370 e. The van der Waals surface area contributed by atoms with Crippen LogP contribution in [0.2, 0.25) is 0 Å². The number of aromatic nitrogens is 1. The molecule has 1 fully saturated rings. The van der Waals surface area contributed by atoms with E-state index in [1.165, 1.54) is 6.42 Å². The molecule has 1 N–H and O–H groups in total. The number of hydrogen-bond donors (Lipinski definition) is 1. The third-order valence-corrected chi connectivity index (χ3v) is 4.14. The third kappa shape index (κ3) is 3.85. The minimum absolute atomic E-state index is 0.697. The first-order chi connectivity index (χ1) is 9.74. The van der Waals surface area contributed by atoms with Crippen LogP contribution in [0.1, 0.15) is 33.6 Å². The molecular formula is C16H28N4. The van der Waals surface area contributed by atoms with Crippen LogP contribution < -0.4 is 10.2 Å². The highest BCUT2D eigenvalue weighted by molar-refractivity contribution is 5.47. The fourth-order valence-electron chi connectivity index (χ4n) is 2.60. The van der Waals surface area contributed by atoms with Gasteiger partial charge in [-0.1, -0.05) is 19.9 Å². The normalized spacial score (nSPS) is 18.1. The van der Waals surface area contributed by atoms with Crippen molar-refractivity contribution in [2.45, 2.75) is 39.7 Å². The summed E-state index contributed by atoms with van der Waals surface area (Å²) in [6.45, 7) is 12.2. The fraction of sp³-hybridized carbons (Fsp3) is 0.688. The van der Waals surface area contributed by atoms with Gasteiger partial charge in [-0.05, 0) is 31.9 Å². The molecule has 0 radical (unpaired) electrons. The SMILES string of the molecule is CCCNc1cccc(N2CCN(C(C)CC)CC2)n1. The van der Waals surface area contributed by atoms with E-state index in [1.807, 2.05) is 0 Å². The molecule has 1 unspecified atom stereocenters. The Morgan fingerprint density at radius 3 is 2.60 bits per heavy atom. The molecule has 112 valence electrons. The van der Waals surface area contributed by atoms with E-state index in [9.17, 15) is 0 Å². The van der Waals surface area contributed by atoms with Crippen molar-refractivity contribution in [2.24, 2.45) is 0 Å². The molecule has 1 aliphatic heterocycles. The summed E-state index contributed by atoms with van der Waals surface area (Å²) in [4.78, 5) is 9.70. The minimum Gasteiger partial charge on any atom is -0.370 e. The number of nitrogens with one attached hydrogen (secondary N) is 1. The molecule has 1 saturated heterocycles. The summed E-state index contributed by atoms with van der Waals surface area (Å²) >= 11 is 0. The topological polar surface area (TPSA) is 31.4 Å². The standard InChI is InChI=1S/C16H28N4/c1-4-9-17-15-7-6-8-16(18-15)20-12-10-19(11-13-20)14(3)5-2/h6-8,14H,4-5,9-13H2,1-3H3,(H,17,18). The average molecular weight is 276 g/mol. The van der Waals surface area contributed by atoms with Gasteiger partial charge < -0.3 is 10.2 Å². The molecule has 1 atom stereocenters. The number of rotatable bonds is 6. The van der Waals surface area contributed by atoms with Crippen molar-refractivity contribution in [2.75, 3.05) is 42.9 Å². The van der Waals surface area contributed by atoms with Gasteiger partial charge in [0.15, 0.2) is 0 Å². The molecule has 1 aliphatic rings. The lowest BCUT2D eigenvalue weighted by Gasteiger charge is -2.38. The lowest BCUT2D eigenvalue weighted by atomic mass is 10.2. The van der Waals surface area contributed by atoms with Gasteiger partial charge >= 0.3 is 0 Å². The number of hydrogen-bond acceptors (Lipinski definition) is 4. The molecule has 0 aliphatic carbocycles. The zero-order valence-electron chi connectivity index (χ0n) is 13.1. The summed E-state index contributed by atoms with van der Waals surface area (Å²) in [5, 5.41) is 3.36. The van der Waals surface area contributed by atoms with Gasteiger partial charge in [-0.15, -0.1) is 0 Å². The van der Waals surface area contributed by atoms with Gasteiger partial charge in [0.05, 0.1) is 0 Å². The second-order valence-corrected chi connectivity index (χ2v) is 5.59. The molecule has 4 nitrogen and oxygen atoms in total. The molecule has 20 heavy (non-hydrogen) atoms. The molecule has 1 aromatic heterocycles. The molecule has 0 spiro atoms. The van der Waals surface area contributed by atoms with E-state index in [-0.39, 0.29) is 0 Å². The lowest BCUT2D eigenvalue weighted by Crippen LogP contribution is -2.49. The molecular weight excluding hydrogens is 248 g/mol. The van der Waals surface area contributed by atoms with E-state index in [2.05, 4.69) is 54.1 Å². The Hall–Kier alpha value is -1.29. The Bertz CT molecular complexity index is 399. The van der Waals surface area contributed by atoms with Crippen molar-refractivity contribution < 1.29 is 0 Å². The first-order valence-corrected chi connectivity index (χ1v) is 7.94. The van der Waals surface area contributed by atoms with Gasteiger partial charge in [-0.2, -0.15) is 0 Å². The summed E-state index contributed by atoms with van der Waals surface area (Å²) in [7, 11) is 0. The monoisotopic (exact) mass is 276 g/mol. The van der Waals surface area contributed by atoms with Crippen molar-refractivity contribution in [3.05, 3.63) is 18.2 Å². The molecule has 1 aromatic rings. The second-order valence-electron chi connectivity index (χ2n) is 5.59. The predicted octanol–water partition coefficient (Wildman–Crippen LogP) is 2.82. The Kier molecular flexibility index (Phi) is 5.65. The van der Waals surface area contributed by atoms with Crippen molar-refractivity contribution in [3.63, 3.8) is 0 Å². The molecule has 2 rings (SSSR count). The van der Waals surface area contributed by atoms with Crippen LogP contribution in [0.25, 0.3) is 0 Å². The highest BCUT2D eigenvalue weighted by atomic mass is 15.3. The van der Waals surface area contributed by atoms with Crippen LogP contribution >= 0.6 is 0 Å². The maximum absolute atomic E-state index is 4.72. The summed E-state index contributed by atoms with van der Waals surface area (Å²) in [5.41, 5.74) is 0. The minimum atomic E-state index is 0.697. The summed E-state index contributed by atoms with van der Waals surface area (Å²) in [5.74, 6) is 2.10. The summed E-state index contributed by atoms with van der Waals surface area (Å²) < 4.78 is 0. The zero-order valence-corrected chi connectivity index (χ0v) is 13.1. The Morgan fingerprint density at radius 2 is 1.95 bits per heavy atom. The molecule has 0 amide bonds. The van der Waals surface area contributed by atoms with Crippen LogP contribution in [-0.4, -0.2) is 48.6 Å². The van der Waals surface area contributed by atoms with Crippen molar-refractivity contribution in [3.8, 4) is 0 Å². The summed E-state index contributed by atoms with van der Waals surface area (Å²) in [6, 6.07) is 6.97. The van der Waals surface area contributed by atoms with Crippen molar-refractivity contribution in [1.82, 2.24) is 9.88 Å². The van der Waals surface area contributed by atoms with E-state index in [0.717, 1.165) is 50.8 Å². The van der Waals surface area contributed by atoms with Gasteiger partial charge in [0, 0.05) is 38.8 Å². The smallest absolute Gasteiger partial charge is 0.131 e. The van der Waals surface area contributed by atoms with Gasteiger partial charge in [0.25, 0.3) is 0 Å². The number of nitrogens with zero attached hydrogens (tertiary/aromatic N) is 3. The molecule has 0 aromatic carbocycles. The Labute approximate surface area is 123 Å². The van der Waals surface area contributed by atoms with E-state index in [0.29, 0.717) is 6.04 Å². The summed E-state index contributed by atoms with van der Waals surface area (Å²) in [6.07, 6.45) is 2.36. The molecule has 0 saturated carbocycles. The highest BCUT2D eigenvalue weighted by Crippen LogP contribution is 2.17. The molecule has 2 heterocycles. The fourth-order valence-corrected chi connectivity index (χ4v) is 2.60. The number of pyridine rings is 1. The van der Waals surface area contributed by atoms with Gasteiger partial charge in [0.2, 0.25) is 0 Å². The molecule has 4 heteroatoms. The zero-order chi connectivity index (χ0) is 14.4. The van der Waals surface area contributed by atoms with Crippen LogP contribution in [0.5, 0.6) is 0 Å². The van der Waals surface area contributed by atoms with Gasteiger partial charge in [-0.25, -0.2) is 4.98 Å². The van der Waals surface area contributed by atoms with Crippen molar-refractivity contribution >= 4 is 11.6 Å². The highest BCUT2D eigenvalue weighted by Gasteiger charge is 2.20. The lowest BCUT2D eigenvalue weighted by molar-refractivity contribution is 0.192. The van der Waals surface area contributed by atoms with E-state index in [4.69, 9.17) is 4.98 Å². The van der Waals surface area contributed by atoms with Crippen LogP contribution in [-0.2, 0) is 0 Å². The first kappa shape index (κ1) is 15.1. The Balaban J connectivity index is 1.93. The van der Waals surface area contributed by atoms with E-state index in [1.54, 1.807) is 0 Å². The number of anilines is 2. The first-order valence-electron chi connectivity index (χ1n) is 7.94. The van der Waals surface area contributed by atoms with Gasteiger partial charge in [0.1, 0.15) is 11.6 Å². The average Bonchev–Trinajstić information content (AvgIpc) is 2.52. The third-order valence-electron chi connectivity index (χ3n) is 4.14. The van der Waals surface area contributed by atoms with Crippen LogP contribution in [0.15, 0.2) is 18.2 Å². The second kappa shape index (κ2) is 7.48. The maximum Gasteiger partial charge on any atom is 0.131 e. The Morgan fingerprint density at radius 1 is 1.20 bits per heavy atom. The van der Waals surface area contributed by atoms with E-state index < -0.39 is 0 Å².